The number of fused-ring (bicyclic) bond motifs is 2. The Bertz CT molecular complexity index is 605. The highest BCUT2D eigenvalue weighted by molar-refractivity contribution is 8.17. The molecule has 0 bridgehead atoms. The van der Waals surface area contributed by atoms with Crippen molar-refractivity contribution in [2.45, 2.75) is 19.8 Å². The number of nitrogens with zero attached hydrogens (tertiary/aromatic N) is 1. The summed E-state index contributed by atoms with van der Waals surface area (Å²) in [5.74, 6) is 0.289. The van der Waals surface area contributed by atoms with Crippen LogP contribution in [0.25, 0.3) is 5.70 Å². The third-order valence-electron chi connectivity index (χ3n) is 2.93. The zero-order valence-electron chi connectivity index (χ0n) is 9.90. The first-order valence-corrected chi connectivity index (χ1v) is 6.52. The number of ether oxygens (including phenoxy) is 1. The van der Waals surface area contributed by atoms with Gasteiger partial charge in [-0.3, -0.25) is 10.5 Å². The van der Waals surface area contributed by atoms with E-state index in [1.165, 1.54) is 11.8 Å². The van der Waals surface area contributed by atoms with E-state index in [1.807, 2.05) is 12.1 Å². The Morgan fingerprint density at radius 1 is 1.44 bits per heavy atom. The maximum Gasteiger partial charge on any atom is 0.355 e. The van der Waals surface area contributed by atoms with Crippen molar-refractivity contribution in [2.24, 2.45) is 5.73 Å². The molecule has 1 heterocycles. The van der Waals surface area contributed by atoms with Crippen LogP contribution in [0.2, 0.25) is 0 Å². The van der Waals surface area contributed by atoms with Gasteiger partial charge in [0.05, 0.1) is 0 Å². The van der Waals surface area contributed by atoms with Crippen molar-refractivity contribution >= 4 is 28.6 Å². The van der Waals surface area contributed by atoms with Gasteiger partial charge in [-0.05, 0) is 41.6 Å². The summed E-state index contributed by atoms with van der Waals surface area (Å²) in [6.07, 6.45) is 1.87. The van der Waals surface area contributed by atoms with Gasteiger partial charge in [-0.2, -0.15) is 0 Å². The molecule has 0 spiro atoms. The molecule has 2 aliphatic rings. The standard InChI is InChI=1S/C13H12N2O2S/c1-7(16)17-9-3-4-10-8(6-9)2-5-11-12(10)15-13(14)18-11/h3-4,6H,2,5,14H2,1H3/q+1. The number of carbonyl (C=O) groups is 1. The van der Waals surface area contributed by atoms with Gasteiger partial charge in [0.1, 0.15) is 5.75 Å². The third kappa shape index (κ3) is 1.90. The zero-order chi connectivity index (χ0) is 12.7. The molecule has 1 aliphatic carbocycles. The highest BCUT2D eigenvalue weighted by Crippen LogP contribution is 2.39. The first-order chi connectivity index (χ1) is 8.63. The van der Waals surface area contributed by atoms with Crippen LogP contribution in [-0.4, -0.2) is 11.1 Å². The fourth-order valence-corrected chi connectivity index (χ4v) is 3.08. The number of rotatable bonds is 1. The van der Waals surface area contributed by atoms with E-state index in [9.17, 15) is 4.79 Å². The molecule has 0 unspecified atom stereocenters. The summed E-state index contributed by atoms with van der Waals surface area (Å²) in [4.78, 5) is 16.5. The first-order valence-electron chi connectivity index (χ1n) is 5.70. The van der Waals surface area contributed by atoms with Gasteiger partial charge in [-0.25, -0.2) is 0 Å². The summed E-state index contributed by atoms with van der Waals surface area (Å²) < 4.78 is 5.09. The lowest BCUT2D eigenvalue weighted by molar-refractivity contribution is -0.131. The third-order valence-corrected chi connectivity index (χ3v) is 3.87. The molecule has 0 atom stereocenters. The summed E-state index contributed by atoms with van der Waals surface area (Å²) in [6.45, 7) is 1.40. The SMILES string of the molecule is CC(=O)Oc1ccc2c(c1)CCC1=C2[N+]=C(N)S1. The second-order valence-corrected chi connectivity index (χ2v) is 5.35. The van der Waals surface area contributed by atoms with E-state index in [-0.39, 0.29) is 5.97 Å². The average molecular weight is 260 g/mol. The molecule has 91 valence electrons. The number of hydrogen-bond acceptors (Lipinski definition) is 5. The fraction of sp³-hybridized carbons (Fsp3) is 0.231. The quantitative estimate of drug-likeness (QED) is 0.615. The molecule has 4 nitrogen and oxygen atoms in total. The van der Waals surface area contributed by atoms with Crippen LogP contribution in [0.4, 0.5) is 0 Å². The van der Waals surface area contributed by atoms with Crippen LogP contribution in [0.5, 0.6) is 5.75 Å². The Hall–Kier alpha value is -1.75. The number of carbonyl (C=O) groups excluding carboxylic acids is 1. The molecule has 1 radical (unpaired) electrons. The molecule has 1 aliphatic heterocycles. The van der Waals surface area contributed by atoms with Crippen molar-refractivity contribution in [3.63, 3.8) is 0 Å². The van der Waals surface area contributed by atoms with E-state index < -0.39 is 0 Å². The zero-order valence-corrected chi connectivity index (χ0v) is 10.7. The molecule has 1 aromatic rings. The maximum atomic E-state index is 10.9. The van der Waals surface area contributed by atoms with Crippen LogP contribution in [0.3, 0.4) is 0 Å². The van der Waals surface area contributed by atoms with Crippen LogP contribution in [0.1, 0.15) is 24.5 Å². The molecule has 0 aromatic heterocycles. The van der Waals surface area contributed by atoms with E-state index in [2.05, 4.69) is 4.99 Å². The van der Waals surface area contributed by atoms with E-state index in [4.69, 9.17) is 10.5 Å². The second-order valence-electron chi connectivity index (χ2n) is 4.24. The minimum Gasteiger partial charge on any atom is -0.427 e. The van der Waals surface area contributed by atoms with E-state index in [0.717, 1.165) is 29.7 Å². The first kappa shape index (κ1) is 11.3. The van der Waals surface area contributed by atoms with Crippen molar-refractivity contribution < 1.29 is 9.53 Å². The number of thioether (sulfide) groups is 1. The lowest BCUT2D eigenvalue weighted by atomic mass is 9.94. The molecule has 1 aromatic carbocycles. The minimum absolute atomic E-state index is 0.302. The smallest absolute Gasteiger partial charge is 0.355 e. The lowest BCUT2D eigenvalue weighted by Crippen LogP contribution is -2.09. The topological polar surface area (TPSA) is 66.4 Å². The summed E-state index contributed by atoms with van der Waals surface area (Å²) >= 11 is 1.55. The molecular weight excluding hydrogens is 248 g/mol. The average Bonchev–Trinajstić information content (AvgIpc) is 2.68. The van der Waals surface area contributed by atoms with Gasteiger partial charge in [0.25, 0.3) is 0 Å². The number of aryl methyl sites for hydroxylation is 1. The predicted octanol–water partition coefficient (Wildman–Crippen LogP) is 1.62. The molecule has 18 heavy (non-hydrogen) atoms. The summed E-state index contributed by atoms with van der Waals surface area (Å²) in [5, 5.41) is 0.608. The fourth-order valence-electron chi connectivity index (χ4n) is 2.24. The Labute approximate surface area is 109 Å². The van der Waals surface area contributed by atoms with Gasteiger partial charge >= 0.3 is 11.1 Å². The summed E-state index contributed by atoms with van der Waals surface area (Å²) in [7, 11) is 0. The largest absolute Gasteiger partial charge is 0.427 e. The normalized spacial score (nSPS) is 17.1. The van der Waals surface area contributed by atoms with E-state index in [1.54, 1.807) is 17.8 Å². The Balaban J connectivity index is 2.00. The predicted molar refractivity (Wildman–Crippen MR) is 71.9 cm³/mol. The van der Waals surface area contributed by atoms with E-state index >= 15 is 0 Å². The van der Waals surface area contributed by atoms with Gasteiger partial charge in [-0.15, -0.1) is 0 Å². The molecule has 0 saturated carbocycles. The number of amidine groups is 1. The highest BCUT2D eigenvalue weighted by atomic mass is 32.2. The van der Waals surface area contributed by atoms with Gasteiger partial charge in [0.2, 0.25) is 0 Å². The number of esters is 1. The Morgan fingerprint density at radius 3 is 3.06 bits per heavy atom. The number of hydrogen-bond donors (Lipinski definition) is 1. The van der Waals surface area contributed by atoms with Crippen LogP contribution >= 0.6 is 11.8 Å². The summed E-state index contributed by atoms with van der Waals surface area (Å²) in [5.41, 5.74) is 8.99. The van der Waals surface area contributed by atoms with Crippen LogP contribution in [0.15, 0.2) is 23.1 Å². The van der Waals surface area contributed by atoms with Crippen molar-refractivity contribution in [1.29, 1.82) is 0 Å². The van der Waals surface area contributed by atoms with Crippen LogP contribution in [0, 0.1) is 0 Å². The highest BCUT2D eigenvalue weighted by Gasteiger charge is 2.31. The number of nitrogens with two attached hydrogens (primary N) is 1. The van der Waals surface area contributed by atoms with Gasteiger partial charge < -0.3 is 4.74 Å². The Kier molecular flexibility index (Phi) is 2.63. The molecule has 3 rings (SSSR count). The van der Waals surface area contributed by atoms with Gasteiger partial charge in [-0.1, -0.05) is 0 Å². The van der Waals surface area contributed by atoms with Crippen molar-refractivity contribution in [2.75, 3.05) is 0 Å². The van der Waals surface area contributed by atoms with Crippen LogP contribution in [-0.2, 0) is 11.2 Å². The molecule has 0 amide bonds. The minimum atomic E-state index is -0.302. The monoisotopic (exact) mass is 260 g/mol. The number of allylic oxidation sites excluding steroid dienone is 1. The molecule has 5 heteroatoms. The molecule has 2 N–H and O–H groups in total. The van der Waals surface area contributed by atoms with E-state index in [0.29, 0.717) is 10.9 Å². The van der Waals surface area contributed by atoms with Gasteiger partial charge in [0.15, 0.2) is 5.70 Å². The van der Waals surface area contributed by atoms with Crippen LogP contribution < -0.4 is 15.5 Å². The maximum absolute atomic E-state index is 10.9. The number of benzene rings is 1. The molecule has 0 saturated heterocycles. The number of aliphatic imine (C=N–C) groups is 1. The molecular formula is C13H12N2O2S+. The molecule has 0 fully saturated rings. The lowest BCUT2D eigenvalue weighted by Gasteiger charge is -2.14. The second kappa shape index (κ2) is 4.17. The van der Waals surface area contributed by atoms with Crippen molar-refractivity contribution in [1.82, 2.24) is 4.99 Å². The Morgan fingerprint density at radius 2 is 2.28 bits per heavy atom. The van der Waals surface area contributed by atoms with Gasteiger partial charge in [0, 0.05) is 29.2 Å². The van der Waals surface area contributed by atoms with Crippen molar-refractivity contribution in [3.8, 4) is 5.75 Å². The van der Waals surface area contributed by atoms with Crippen molar-refractivity contribution in [3.05, 3.63) is 34.2 Å². The summed E-state index contributed by atoms with van der Waals surface area (Å²) in [6, 6.07) is 5.66.